The summed E-state index contributed by atoms with van der Waals surface area (Å²) in [6, 6.07) is 6.25. The molecule has 0 aliphatic carbocycles. The maximum absolute atomic E-state index is 12.4. The number of nitrogens with zero attached hydrogens (tertiary/aromatic N) is 2. The molecular weight excluding hydrogens is 276 g/mol. The van der Waals surface area contributed by atoms with Gasteiger partial charge in [-0.25, -0.2) is 4.79 Å². The Balaban J connectivity index is 2.07. The van der Waals surface area contributed by atoms with Crippen molar-refractivity contribution in [1.29, 1.82) is 0 Å². The van der Waals surface area contributed by atoms with Gasteiger partial charge >= 0.3 is 6.09 Å². The lowest BCUT2D eigenvalue weighted by Crippen LogP contribution is -2.44. The maximum atomic E-state index is 12.4. The van der Waals surface area contributed by atoms with Crippen molar-refractivity contribution in [3.63, 3.8) is 0 Å². The largest absolute Gasteiger partial charge is 0.444 e. The number of pyridine rings is 1. The highest BCUT2D eigenvalue weighted by Gasteiger charge is 2.29. The lowest BCUT2D eigenvalue weighted by molar-refractivity contribution is 0.0144. The highest BCUT2D eigenvalue weighted by Crippen LogP contribution is 2.30. The van der Waals surface area contributed by atoms with Crippen molar-refractivity contribution in [2.24, 2.45) is 0 Å². The van der Waals surface area contributed by atoms with E-state index in [1.165, 1.54) is 0 Å². The van der Waals surface area contributed by atoms with Crippen molar-refractivity contribution < 1.29 is 9.53 Å². The van der Waals surface area contributed by atoms with Gasteiger partial charge in [0.05, 0.1) is 0 Å². The number of likely N-dealkylation sites (tertiary alicyclic amines) is 1. The minimum absolute atomic E-state index is 0.169. The molecule has 1 aliphatic heterocycles. The van der Waals surface area contributed by atoms with Crippen LogP contribution >= 0.6 is 0 Å². The molecule has 0 aromatic carbocycles. The van der Waals surface area contributed by atoms with Gasteiger partial charge in [-0.15, -0.1) is 0 Å². The van der Waals surface area contributed by atoms with Crippen molar-refractivity contribution in [3.05, 3.63) is 30.1 Å². The van der Waals surface area contributed by atoms with Crippen LogP contribution in [0.2, 0.25) is 0 Å². The molecule has 2 heterocycles. The summed E-state index contributed by atoms with van der Waals surface area (Å²) < 4.78 is 5.56. The Kier molecular flexibility index (Phi) is 5.43. The zero-order chi connectivity index (χ0) is 16.2. The van der Waals surface area contributed by atoms with E-state index >= 15 is 0 Å². The Labute approximate surface area is 133 Å². The van der Waals surface area contributed by atoms with Crippen LogP contribution in [0.4, 0.5) is 4.79 Å². The van der Waals surface area contributed by atoms with Crippen molar-refractivity contribution in [1.82, 2.24) is 9.88 Å². The molecule has 0 N–H and O–H groups in total. The quantitative estimate of drug-likeness (QED) is 0.774. The Hall–Kier alpha value is -1.58. The molecule has 2 atom stereocenters. The number of ether oxygens (including phenoxy) is 1. The minimum atomic E-state index is -0.445. The molecule has 1 aromatic heterocycles. The smallest absolute Gasteiger partial charge is 0.410 e. The number of aromatic nitrogens is 1. The summed E-state index contributed by atoms with van der Waals surface area (Å²) >= 11 is 0. The second kappa shape index (κ2) is 7.12. The molecule has 0 bridgehead atoms. The minimum Gasteiger partial charge on any atom is -0.444 e. The van der Waals surface area contributed by atoms with Gasteiger partial charge in [0, 0.05) is 30.4 Å². The van der Waals surface area contributed by atoms with Gasteiger partial charge in [0.25, 0.3) is 0 Å². The van der Waals surface area contributed by atoms with E-state index in [1.54, 1.807) is 0 Å². The Morgan fingerprint density at radius 2 is 2.09 bits per heavy atom. The van der Waals surface area contributed by atoms with E-state index in [1.807, 2.05) is 44.0 Å². The first-order chi connectivity index (χ1) is 10.4. The average Bonchev–Trinajstić information content (AvgIpc) is 2.42. The Bertz CT molecular complexity index is 482. The summed E-state index contributed by atoms with van der Waals surface area (Å²) in [5.41, 5.74) is 0.694. The Morgan fingerprint density at radius 1 is 1.32 bits per heavy atom. The van der Waals surface area contributed by atoms with Gasteiger partial charge in [0.2, 0.25) is 0 Å². The summed E-state index contributed by atoms with van der Waals surface area (Å²) in [4.78, 5) is 18.8. The highest BCUT2D eigenvalue weighted by atomic mass is 16.6. The molecule has 4 nitrogen and oxygen atoms in total. The third kappa shape index (κ3) is 4.72. The molecular formula is C18H28N2O2. The van der Waals surface area contributed by atoms with Crippen LogP contribution < -0.4 is 0 Å². The van der Waals surface area contributed by atoms with E-state index in [9.17, 15) is 4.79 Å². The van der Waals surface area contributed by atoms with E-state index in [4.69, 9.17) is 4.74 Å². The van der Waals surface area contributed by atoms with E-state index in [-0.39, 0.29) is 12.1 Å². The number of amides is 1. The number of rotatable bonds is 1. The molecule has 0 unspecified atom stereocenters. The van der Waals surface area contributed by atoms with Gasteiger partial charge in [0.1, 0.15) is 5.60 Å². The second-order valence-electron chi connectivity index (χ2n) is 7.21. The van der Waals surface area contributed by atoms with Crippen LogP contribution in [0.1, 0.15) is 65.0 Å². The summed E-state index contributed by atoms with van der Waals surface area (Å²) in [5, 5.41) is 0. The molecule has 0 spiro atoms. The van der Waals surface area contributed by atoms with Crippen LogP contribution in [0.3, 0.4) is 0 Å². The maximum Gasteiger partial charge on any atom is 0.410 e. The lowest BCUT2D eigenvalue weighted by Gasteiger charge is -2.35. The van der Waals surface area contributed by atoms with Gasteiger partial charge in [0.15, 0.2) is 0 Å². The molecule has 122 valence electrons. The monoisotopic (exact) mass is 304 g/mol. The summed E-state index contributed by atoms with van der Waals surface area (Å²) in [6.07, 6.45) is 5.88. The van der Waals surface area contributed by atoms with Crippen molar-refractivity contribution in [3.8, 4) is 0 Å². The van der Waals surface area contributed by atoms with E-state index in [0.29, 0.717) is 5.92 Å². The number of carbonyl (C=O) groups excluding carboxylic acids is 1. The lowest BCUT2D eigenvalue weighted by atomic mass is 9.89. The molecule has 0 radical (unpaired) electrons. The van der Waals surface area contributed by atoms with Crippen LogP contribution in [-0.4, -0.2) is 34.2 Å². The zero-order valence-corrected chi connectivity index (χ0v) is 14.2. The van der Waals surface area contributed by atoms with E-state index in [2.05, 4.69) is 18.0 Å². The molecule has 1 saturated heterocycles. The van der Waals surface area contributed by atoms with Crippen molar-refractivity contribution in [2.45, 2.75) is 70.9 Å². The van der Waals surface area contributed by atoms with Crippen molar-refractivity contribution >= 4 is 6.09 Å². The standard InChI is InChI=1S/C18H28N2O2/c1-14-13-15(16-10-5-7-11-19-16)9-6-8-12-20(14)17(21)22-18(2,3)4/h5,7,10-11,14-15H,6,8-9,12-13H2,1-4H3/t14-,15-/m1/s1. The van der Waals surface area contributed by atoms with E-state index in [0.717, 1.165) is 37.9 Å². The highest BCUT2D eigenvalue weighted by molar-refractivity contribution is 5.68. The first-order valence-corrected chi connectivity index (χ1v) is 8.27. The molecule has 22 heavy (non-hydrogen) atoms. The SMILES string of the molecule is C[C@@H]1C[C@H](c2ccccn2)CCCCN1C(=O)OC(C)(C)C. The van der Waals surface area contributed by atoms with Gasteiger partial charge in [-0.2, -0.15) is 0 Å². The van der Waals surface area contributed by atoms with Crippen LogP contribution in [0.5, 0.6) is 0 Å². The number of hydrogen-bond acceptors (Lipinski definition) is 3. The Morgan fingerprint density at radius 3 is 2.73 bits per heavy atom. The van der Waals surface area contributed by atoms with Gasteiger partial charge in [-0.05, 0) is 59.1 Å². The third-order valence-electron chi connectivity index (χ3n) is 4.09. The average molecular weight is 304 g/mol. The number of carbonyl (C=O) groups is 1. The second-order valence-corrected chi connectivity index (χ2v) is 7.21. The molecule has 4 heteroatoms. The molecule has 2 rings (SSSR count). The van der Waals surface area contributed by atoms with Gasteiger partial charge in [-0.1, -0.05) is 12.5 Å². The third-order valence-corrected chi connectivity index (χ3v) is 4.09. The fourth-order valence-electron chi connectivity index (χ4n) is 3.03. The fraction of sp³-hybridized carbons (Fsp3) is 0.667. The first kappa shape index (κ1) is 16.8. The van der Waals surface area contributed by atoms with E-state index < -0.39 is 5.60 Å². The first-order valence-electron chi connectivity index (χ1n) is 8.27. The predicted molar refractivity (Wildman–Crippen MR) is 87.8 cm³/mol. The molecule has 1 fully saturated rings. The number of hydrogen-bond donors (Lipinski definition) is 0. The predicted octanol–water partition coefficient (Wildman–Crippen LogP) is 4.36. The normalized spacial score (nSPS) is 23.5. The van der Waals surface area contributed by atoms with Gasteiger partial charge < -0.3 is 9.64 Å². The molecule has 1 aliphatic rings. The van der Waals surface area contributed by atoms with Crippen LogP contribution in [0.15, 0.2) is 24.4 Å². The fourth-order valence-corrected chi connectivity index (χ4v) is 3.03. The van der Waals surface area contributed by atoms with Gasteiger partial charge in [-0.3, -0.25) is 4.98 Å². The summed E-state index contributed by atoms with van der Waals surface area (Å²) in [5.74, 6) is 0.418. The zero-order valence-electron chi connectivity index (χ0n) is 14.2. The van der Waals surface area contributed by atoms with Crippen LogP contribution in [-0.2, 0) is 4.74 Å². The topological polar surface area (TPSA) is 42.4 Å². The van der Waals surface area contributed by atoms with Crippen LogP contribution in [0.25, 0.3) is 0 Å². The summed E-state index contributed by atoms with van der Waals surface area (Å²) in [7, 11) is 0. The molecule has 1 amide bonds. The van der Waals surface area contributed by atoms with Crippen LogP contribution in [0, 0.1) is 0 Å². The van der Waals surface area contributed by atoms with Crippen molar-refractivity contribution in [2.75, 3.05) is 6.54 Å². The molecule has 0 saturated carbocycles. The molecule has 1 aromatic rings. The summed E-state index contributed by atoms with van der Waals surface area (Å²) in [6.45, 7) is 8.64.